The van der Waals surface area contributed by atoms with Crippen LogP contribution in [0.4, 0.5) is 0 Å². The monoisotopic (exact) mass is 290 g/mol. The molecule has 1 aromatic carbocycles. The van der Waals surface area contributed by atoms with E-state index in [1.807, 2.05) is 30.3 Å². The molecule has 1 aliphatic rings. The van der Waals surface area contributed by atoms with E-state index in [1.54, 1.807) is 7.05 Å². The first-order valence-electron chi connectivity index (χ1n) is 6.78. The molecular formula is C15H18N2O4. The summed E-state index contributed by atoms with van der Waals surface area (Å²) in [5.74, 6) is -2.02. The number of aliphatic carboxylic acids is 1. The van der Waals surface area contributed by atoms with Crippen LogP contribution >= 0.6 is 0 Å². The number of nitrogens with zero attached hydrogens (tertiary/aromatic N) is 1. The van der Waals surface area contributed by atoms with Crippen LogP contribution in [0, 0.1) is 5.92 Å². The van der Waals surface area contributed by atoms with Crippen molar-refractivity contribution in [2.45, 2.75) is 18.9 Å². The first kappa shape index (κ1) is 15.0. The Morgan fingerprint density at radius 3 is 2.57 bits per heavy atom. The molecule has 0 saturated carbocycles. The molecule has 2 rings (SSSR count). The minimum Gasteiger partial charge on any atom is -0.480 e. The van der Waals surface area contributed by atoms with Gasteiger partial charge < -0.3 is 15.3 Å². The van der Waals surface area contributed by atoms with Gasteiger partial charge in [0.1, 0.15) is 6.04 Å². The molecule has 0 aromatic heterocycles. The summed E-state index contributed by atoms with van der Waals surface area (Å²) in [6, 6.07) is 8.13. The Bertz CT molecular complexity index is 544. The summed E-state index contributed by atoms with van der Waals surface area (Å²) in [4.78, 5) is 36.3. The third kappa shape index (κ3) is 3.81. The summed E-state index contributed by atoms with van der Waals surface area (Å²) in [6.45, 7) is 0.336. The highest BCUT2D eigenvalue weighted by Crippen LogP contribution is 2.16. The van der Waals surface area contributed by atoms with E-state index in [0.29, 0.717) is 6.54 Å². The number of hydrogen-bond donors (Lipinski definition) is 2. The molecule has 21 heavy (non-hydrogen) atoms. The lowest BCUT2D eigenvalue weighted by atomic mass is 10.0. The van der Waals surface area contributed by atoms with E-state index in [9.17, 15) is 19.5 Å². The van der Waals surface area contributed by atoms with Gasteiger partial charge in [0.2, 0.25) is 11.8 Å². The number of carboxylic acids is 1. The molecule has 1 heterocycles. The number of rotatable bonds is 5. The van der Waals surface area contributed by atoms with Crippen LogP contribution in [0.3, 0.4) is 0 Å². The van der Waals surface area contributed by atoms with Crippen LogP contribution in [0.1, 0.15) is 12.0 Å². The van der Waals surface area contributed by atoms with Crippen molar-refractivity contribution in [1.82, 2.24) is 10.2 Å². The number of carbonyl (C=O) groups excluding carboxylic acids is 2. The van der Waals surface area contributed by atoms with Crippen molar-refractivity contribution in [1.29, 1.82) is 0 Å². The smallest absolute Gasteiger partial charge is 0.326 e. The standard InChI is InChI=1S/C15H18N2O4/c1-17-9-11(8-13(17)18)14(19)16-12(15(20)21)7-10-5-3-2-4-6-10/h2-6,11-12H,7-9H2,1H3,(H,16,19)(H,20,21). The number of amides is 2. The van der Waals surface area contributed by atoms with Gasteiger partial charge in [-0.25, -0.2) is 4.79 Å². The Labute approximate surface area is 122 Å². The van der Waals surface area contributed by atoms with Crippen LogP contribution in [0.25, 0.3) is 0 Å². The van der Waals surface area contributed by atoms with Crippen molar-refractivity contribution in [2.75, 3.05) is 13.6 Å². The van der Waals surface area contributed by atoms with Crippen molar-refractivity contribution in [2.24, 2.45) is 5.92 Å². The third-order valence-corrected chi connectivity index (χ3v) is 3.61. The minimum absolute atomic E-state index is 0.0925. The molecule has 1 fully saturated rings. The van der Waals surface area contributed by atoms with E-state index in [-0.39, 0.29) is 24.7 Å². The summed E-state index contributed by atoms with van der Waals surface area (Å²) in [7, 11) is 1.63. The number of benzene rings is 1. The van der Waals surface area contributed by atoms with Crippen molar-refractivity contribution in [3.8, 4) is 0 Å². The fourth-order valence-electron chi connectivity index (χ4n) is 2.38. The third-order valence-electron chi connectivity index (χ3n) is 3.61. The van der Waals surface area contributed by atoms with Gasteiger partial charge in [0, 0.05) is 26.4 Å². The van der Waals surface area contributed by atoms with Crippen LogP contribution in [-0.2, 0) is 20.8 Å². The van der Waals surface area contributed by atoms with E-state index in [1.165, 1.54) is 4.90 Å². The molecule has 112 valence electrons. The first-order chi connectivity index (χ1) is 9.97. The zero-order chi connectivity index (χ0) is 15.4. The number of likely N-dealkylation sites (tertiary alicyclic amines) is 1. The van der Waals surface area contributed by atoms with Crippen LogP contribution in [0.5, 0.6) is 0 Å². The van der Waals surface area contributed by atoms with Crippen molar-refractivity contribution < 1.29 is 19.5 Å². The highest BCUT2D eigenvalue weighted by Gasteiger charge is 2.34. The van der Waals surface area contributed by atoms with Crippen LogP contribution in [-0.4, -0.2) is 47.4 Å². The van der Waals surface area contributed by atoms with Gasteiger partial charge in [0.15, 0.2) is 0 Å². The fraction of sp³-hybridized carbons (Fsp3) is 0.400. The highest BCUT2D eigenvalue weighted by atomic mass is 16.4. The second kappa shape index (κ2) is 6.39. The molecule has 1 aromatic rings. The van der Waals surface area contributed by atoms with Crippen LogP contribution in [0.2, 0.25) is 0 Å². The van der Waals surface area contributed by atoms with Crippen LogP contribution < -0.4 is 5.32 Å². The van der Waals surface area contributed by atoms with E-state index in [0.717, 1.165) is 5.56 Å². The molecule has 2 N–H and O–H groups in total. The van der Waals surface area contributed by atoms with E-state index >= 15 is 0 Å². The van der Waals surface area contributed by atoms with Gasteiger partial charge in [0.25, 0.3) is 0 Å². The fourth-order valence-corrected chi connectivity index (χ4v) is 2.38. The maximum absolute atomic E-state index is 12.1. The first-order valence-corrected chi connectivity index (χ1v) is 6.78. The quantitative estimate of drug-likeness (QED) is 0.815. The van der Waals surface area contributed by atoms with Gasteiger partial charge >= 0.3 is 5.97 Å². The lowest BCUT2D eigenvalue weighted by Gasteiger charge is -2.17. The maximum Gasteiger partial charge on any atom is 0.326 e. The summed E-state index contributed by atoms with van der Waals surface area (Å²) < 4.78 is 0. The van der Waals surface area contributed by atoms with Crippen molar-refractivity contribution in [3.63, 3.8) is 0 Å². The average Bonchev–Trinajstić information content (AvgIpc) is 2.79. The second-order valence-electron chi connectivity index (χ2n) is 5.26. The summed E-state index contributed by atoms with van der Waals surface area (Å²) >= 11 is 0. The summed E-state index contributed by atoms with van der Waals surface area (Å²) in [6.07, 6.45) is 0.360. The predicted molar refractivity (Wildman–Crippen MR) is 75.5 cm³/mol. The molecule has 6 heteroatoms. The van der Waals surface area contributed by atoms with Gasteiger partial charge in [-0.05, 0) is 5.56 Å². The molecular weight excluding hydrogens is 272 g/mol. The van der Waals surface area contributed by atoms with Gasteiger partial charge in [0.05, 0.1) is 5.92 Å². The molecule has 0 bridgehead atoms. The number of carbonyl (C=O) groups is 3. The molecule has 1 aliphatic heterocycles. The summed E-state index contributed by atoms with van der Waals surface area (Å²) in [5.41, 5.74) is 0.838. The molecule has 0 aliphatic carbocycles. The van der Waals surface area contributed by atoms with Gasteiger partial charge in [-0.15, -0.1) is 0 Å². The highest BCUT2D eigenvalue weighted by molar-refractivity contribution is 5.91. The van der Waals surface area contributed by atoms with Gasteiger partial charge in [-0.1, -0.05) is 30.3 Å². The summed E-state index contributed by atoms with van der Waals surface area (Å²) in [5, 5.41) is 11.8. The Balaban J connectivity index is 1.98. The predicted octanol–water partition coefficient (Wildman–Crippen LogP) is 0.277. The lowest BCUT2D eigenvalue weighted by molar-refractivity contribution is -0.142. The van der Waals surface area contributed by atoms with Gasteiger partial charge in [-0.2, -0.15) is 0 Å². The van der Waals surface area contributed by atoms with E-state index < -0.39 is 17.9 Å². The van der Waals surface area contributed by atoms with Crippen molar-refractivity contribution in [3.05, 3.63) is 35.9 Å². The largest absolute Gasteiger partial charge is 0.480 e. The molecule has 2 unspecified atom stereocenters. The Kier molecular flexibility index (Phi) is 4.57. The molecule has 1 saturated heterocycles. The van der Waals surface area contributed by atoms with E-state index in [2.05, 4.69) is 5.32 Å². The number of nitrogens with one attached hydrogen (secondary N) is 1. The number of hydrogen-bond acceptors (Lipinski definition) is 3. The topological polar surface area (TPSA) is 86.7 Å². The Hall–Kier alpha value is -2.37. The maximum atomic E-state index is 12.1. The van der Waals surface area contributed by atoms with E-state index in [4.69, 9.17) is 0 Å². The van der Waals surface area contributed by atoms with Gasteiger partial charge in [-0.3, -0.25) is 9.59 Å². The lowest BCUT2D eigenvalue weighted by Crippen LogP contribution is -2.45. The van der Waals surface area contributed by atoms with Crippen molar-refractivity contribution >= 4 is 17.8 Å². The number of carboxylic acid groups (broad SMARTS) is 1. The second-order valence-corrected chi connectivity index (χ2v) is 5.26. The zero-order valence-electron chi connectivity index (χ0n) is 11.8. The average molecular weight is 290 g/mol. The van der Waals surface area contributed by atoms with Crippen LogP contribution in [0.15, 0.2) is 30.3 Å². The Morgan fingerprint density at radius 2 is 2.05 bits per heavy atom. The Morgan fingerprint density at radius 1 is 1.38 bits per heavy atom. The SMILES string of the molecule is CN1CC(C(=O)NC(Cc2ccccc2)C(=O)O)CC1=O. The molecule has 0 spiro atoms. The minimum atomic E-state index is -1.08. The molecule has 2 amide bonds. The molecule has 2 atom stereocenters. The molecule has 0 radical (unpaired) electrons. The normalized spacial score (nSPS) is 19.4. The zero-order valence-corrected chi connectivity index (χ0v) is 11.8. The molecule has 6 nitrogen and oxygen atoms in total.